The van der Waals surface area contributed by atoms with Gasteiger partial charge in [0.05, 0.1) is 37.4 Å². The highest BCUT2D eigenvalue weighted by Crippen LogP contribution is 2.37. The van der Waals surface area contributed by atoms with E-state index in [1.807, 2.05) is 6.26 Å². The van der Waals surface area contributed by atoms with Crippen LogP contribution in [0, 0.1) is 5.92 Å². The third-order valence-corrected chi connectivity index (χ3v) is 5.84. The first kappa shape index (κ1) is 16.6. The lowest BCUT2D eigenvalue weighted by atomic mass is 9.88. The smallest absolute Gasteiger partial charge is 0.0947 e. The molecule has 0 aromatic carbocycles. The minimum absolute atomic E-state index is 0.0627. The number of piperidine rings is 1. The average Bonchev–Trinajstić information content (AvgIpc) is 3.27. The molecular weight excluding hydrogens is 306 g/mol. The number of hydrogen-bond donors (Lipinski definition) is 0. The molecule has 0 saturated carbocycles. The second-order valence-corrected chi connectivity index (χ2v) is 7.62. The molecule has 1 aromatic rings. The molecule has 5 nitrogen and oxygen atoms in total. The first-order chi connectivity index (χ1) is 11.8. The van der Waals surface area contributed by atoms with Crippen LogP contribution in [0.25, 0.3) is 0 Å². The molecule has 1 aromatic heterocycles. The zero-order valence-corrected chi connectivity index (χ0v) is 14.5. The summed E-state index contributed by atoms with van der Waals surface area (Å²) in [7, 11) is 0. The van der Waals surface area contributed by atoms with E-state index in [2.05, 4.69) is 11.0 Å². The van der Waals surface area contributed by atoms with Crippen molar-refractivity contribution in [1.82, 2.24) is 4.90 Å². The Morgan fingerprint density at radius 3 is 2.79 bits per heavy atom. The summed E-state index contributed by atoms with van der Waals surface area (Å²) in [4.78, 5) is 2.50. The summed E-state index contributed by atoms with van der Waals surface area (Å²) in [6.07, 6.45) is 9.45. The van der Waals surface area contributed by atoms with Gasteiger partial charge in [0.2, 0.25) is 0 Å². The van der Waals surface area contributed by atoms with Crippen LogP contribution in [0.5, 0.6) is 0 Å². The van der Waals surface area contributed by atoms with Gasteiger partial charge in [0.25, 0.3) is 0 Å². The van der Waals surface area contributed by atoms with Gasteiger partial charge in [-0.05, 0) is 37.7 Å². The number of hydrogen-bond acceptors (Lipinski definition) is 5. The molecule has 0 amide bonds. The molecule has 134 valence electrons. The van der Waals surface area contributed by atoms with Crippen LogP contribution in [0.3, 0.4) is 0 Å². The van der Waals surface area contributed by atoms with E-state index >= 15 is 0 Å². The van der Waals surface area contributed by atoms with Gasteiger partial charge in [0, 0.05) is 44.8 Å². The van der Waals surface area contributed by atoms with Gasteiger partial charge in [-0.25, -0.2) is 0 Å². The molecule has 0 radical (unpaired) electrons. The number of nitrogens with zero attached hydrogens (tertiary/aromatic N) is 1. The van der Waals surface area contributed by atoms with Crippen molar-refractivity contribution >= 4 is 0 Å². The molecule has 1 unspecified atom stereocenters. The highest BCUT2D eigenvalue weighted by molar-refractivity contribution is 5.05. The Labute approximate surface area is 144 Å². The van der Waals surface area contributed by atoms with Crippen LogP contribution in [-0.2, 0) is 20.8 Å². The largest absolute Gasteiger partial charge is 0.472 e. The van der Waals surface area contributed by atoms with E-state index in [0.29, 0.717) is 5.92 Å². The van der Waals surface area contributed by atoms with Gasteiger partial charge in [0.15, 0.2) is 0 Å². The molecule has 3 aliphatic rings. The van der Waals surface area contributed by atoms with E-state index in [9.17, 15) is 0 Å². The molecule has 1 atom stereocenters. The molecule has 4 rings (SSSR count). The van der Waals surface area contributed by atoms with Crippen LogP contribution < -0.4 is 0 Å². The van der Waals surface area contributed by atoms with Crippen LogP contribution in [0.2, 0.25) is 0 Å². The maximum absolute atomic E-state index is 6.22. The summed E-state index contributed by atoms with van der Waals surface area (Å²) in [5, 5.41) is 0. The van der Waals surface area contributed by atoms with Crippen molar-refractivity contribution in [3.8, 4) is 0 Å². The maximum Gasteiger partial charge on any atom is 0.0947 e. The Balaban J connectivity index is 1.20. The first-order valence-electron chi connectivity index (χ1n) is 9.38. The van der Waals surface area contributed by atoms with Gasteiger partial charge in [0.1, 0.15) is 0 Å². The van der Waals surface area contributed by atoms with Gasteiger partial charge in [-0.15, -0.1) is 0 Å². The zero-order chi connectivity index (χ0) is 16.2. The van der Waals surface area contributed by atoms with Crippen LogP contribution >= 0.6 is 0 Å². The minimum Gasteiger partial charge on any atom is -0.472 e. The van der Waals surface area contributed by atoms with Gasteiger partial charge >= 0.3 is 0 Å². The van der Waals surface area contributed by atoms with E-state index in [0.717, 1.165) is 78.2 Å². The van der Waals surface area contributed by atoms with Crippen molar-refractivity contribution in [2.45, 2.75) is 50.4 Å². The summed E-state index contributed by atoms with van der Waals surface area (Å²) >= 11 is 0. The number of likely N-dealkylation sites (tertiary alicyclic amines) is 1. The van der Waals surface area contributed by atoms with Crippen molar-refractivity contribution in [3.05, 3.63) is 24.2 Å². The van der Waals surface area contributed by atoms with Crippen molar-refractivity contribution in [3.63, 3.8) is 0 Å². The Bertz CT molecular complexity index is 489. The fourth-order valence-electron chi connectivity index (χ4n) is 4.20. The SMILES string of the molecule is c1cc(CN2CCC3(CC2)CC(OCC2CCOCC2)CO3)co1. The van der Waals surface area contributed by atoms with E-state index < -0.39 is 0 Å². The molecule has 1 spiro atoms. The van der Waals surface area contributed by atoms with Crippen LogP contribution in [0.1, 0.15) is 37.7 Å². The summed E-state index contributed by atoms with van der Waals surface area (Å²) in [5.74, 6) is 0.673. The third kappa shape index (κ3) is 4.02. The molecule has 3 saturated heterocycles. The Morgan fingerprint density at radius 2 is 2.04 bits per heavy atom. The fourth-order valence-corrected chi connectivity index (χ4v) is 4.20. The van der Waals surface area contributed by atoms with Crippen molar-refractivity contribution in [2.24, 2.45) is 5.92 Å². The van der Waals surface area contributed by atoms with Gasteiger partial charge in [-0.2, -0.15) is 0 Å². The van der Waals surface area contributed by atoms with E-state index in [-0.39, 0.29) is 11.7 Å². The highest BCUT2D eigenvalue weighted by Gasteiger charge is 2.43. The molecule has 0 aliphatic carbocycles. The van der Waals surface area contributed by atoms with E-state index in [1.54, 1.807) is 6.26 Å². The number of rotatable bonds is 5. The molecular formula is C19H29NO4. The Hall–Kier alpha value is -0.880. The normalized spacial score (nSPS) is 28.6. The first-order valence-corrected chi connectivity index (χ1v) is 9.38. The fraction of sp³-hybridized carbons (Fsp3) is 0.789. The molecule has 4 heterocycles. The predicted octanol–water partition coefficient (Wildman–Crippen LogP) is 2.85. The Morgan fingerprint density at radius 1 is 1.21 bits per heavy atom. The van der Waals surface area contributed by atoms with Crippen LogP contribution in [-0.4, -0.2) is 56.1 Å². The molecule has 24 heavy (non-hydrogen) atoms. The zero-order valence-electron chi connectivity index (χ0n) is 14.5. The summed E-state index contributed by atoms with van der Waals surface area (Å²) < 4.78 is 23.0. The van der Waals surface area contributed by atoms with E-state index in [1.165, 1.54) is 5.56 Å². The predicted molar refractivity (Wildman–Crippen MR) is 89.8 cm³/mol. The lowest BCUT2D eigenvalue weighted by Gasteiger charge is -2.38. The summed E-state index contributed by atoms with van der Waals surface area (Å²) in [5.41, 5.74) is 1.32. The molecule has 0 bridgehead atoms. The lowest BCUT2D eigenvalue weighted by molar-refractivity contribution is -0.0479. The summed E-state index contributed by atoms with van der Waals surface area (Å²) in [6, 6.07) is 2.05. The van der Waals surface area contributed by atoms with Gasteiger partial charge in [-0.1, -0.05) is 0 Å². The number of furan rings is 1. The monoisotopic (exact) mass is 335 g/mol. The third-order valence-electron chi connectivity index (χ3n) is 5.84. The van der Waals surface area contributed by atoms with Gasteiger partial charge < -0.3 is 18.6 Å². The summed E-state index contributed by atoms with van der Waals surface area (Å²) in [6.45, 7) is 6.61. The molecule has 0 N–H and O–H groups in total. The topological polar surface area (TPSA) is 44.1 Å². The highest BCUT2D eigenvalue weighted by atomic mass is 16.6. The second-order valence-electron chi connectivity index (χ2n) is 7.62. The van der Waals surface area contributed by atoms with Crippen LogP contribution in [0.15, 0.2) is 23.0 Å². The van der Waals surface area contributed by atoms with Crippen LogP contribution in [0.4, 0.5) is 0 Å². The van der Waals surface area contributed by atoms with Crippen molar-refractivity contribution in [2.75, 3.05) is 39.5 Å². The average molecular weight is 335 g/mol. The van der Waals surface area contributed by atoms with Crippen molar-refractivity contribution < 1.29 is 18.6 Å². The molecule has 3 aliphatic heterocycles. The van der Waals surface area contributed by atoms with Crippen molar-refractivity contribution in [1.29, 1.82) is 0 Å². The maximum atomic E-state index is 6.22. The molecule has 3 fully saturated rings. The lowest BCUT2D eigenvalue weighted by Crippen LogP contribution is -2.43. The number of ether oxygens (including phenoxy) is 3. The molecule has 5 heteroatoms. The second kappa shape index (κ2) is 7.56. The Kier molecular flexibility index (Phi) is 5.22. The van der Waals surface area contributed by atoms with Gasteiger partial charge in [-0.3, -0.25) is 4.90 Å². The standard InChI is InChI=1S/C19H29NO4/c1-8-21-9-2-16(1)14-23-18-11-19(24-15-18)4-6-20(7-5-19)12-17-3-10-22-13-17/h3,10,13,16,18H,1-2,4-9,11-12,14-15H2. The van der Waals surface area contributed by atoms with E-state index in [4.69, 9.17) is 18.6 Å². The minimum atomic E-state index is 0.0627. The quantitative estimate of drug-likeness (QED) is 0.828.